The Morgan fingerprint density at radius 2 is 2.16 bits per heavy atom. The second kappa shape index (κ2) is 6.12. The summed E-state index contributed by atoms with van der Waals surface area (Å²) in [6.07, 6.45) is 5.88. The van der Waals surface area contributed by atoms with Gasteiger partial charge in [0.2, 0.25) is 0 Å². The molecule has 0 radical (unpaired) electrons. The molecule has 0 aliphatic carbocycles. The number of rotatable bonds is 2. The highest BCUT2D eigenvalue weighted by Gasteiger charge is 2.27. The second-order valence-electron chi connectivity index (χ2n) is 6.23. The van der Waals surface area contributed by atoms with Crippen molar-refractivity contribution in [3.63, 3.8) is 0 Å². The maximum Gasteiger partial charge on any atom is 0.407 e. The third-order valence-electron chi connectivity index (χ3n) is 4.67. The third-order valence-corrected chi connectivity index (χ3v) is 4.67. The zero-order valence-corrected chi connectivity index (χ0v) is 13.8. The van der Waals surface area contributed by atoms with Crippen molar-refractivity contribution >= 4 is 11.7 Å². The zero-order valence-electron chi connectivity index (χ0n) is 13.8. The second-order valence-corrected chi connectivity index (χ2v) is 6.23. The Morgan fingerprint density at radius 1 is 1.28 bits per heavy atom. The normalized spacial score (nSPS) is 17.8. The molecule has 128 valence electrons. The highest BCUT2D eigenvalue weighted by Crippen LogP contribution is 2.30. The van der Waals surface area contributed by atoms with E-state index in [1.54, 1.807) is 12.4 Å². The Balaban J connectivity index is 1.80. The largest absolute Gasteiger partial charge is 0.465 e. The van der Waals surface area contributed by atoms with Gasteiger partial charge in [0.25, 0.3) is 0 Å². The van der Waals surface area contributed by atoms with Gasteiger partial charge in [-0.05, 0) is 31.9 Å². The van der Waals surface area contributed by atoms with Crippen molar-refractivity contribution in [1.29, 1.82) is 0 Å². The average molecular weight is 338 g/mol. The summed E-state index contributed by atoms with van der Waals surface area (Å²) >= 11 is 0. The van der Waals surface area contributed by atoms with Crippen molar-refractivity contribution in [2.75, 3.05) is 13.1 Å². The molecule has 1 aliphatic rings. The fourth-order valence-electron chi connectivity index (χ4n) is 3.51. The molecule has 1 atom stereocenters. The molecule has 3 aromatic heterocycles. The molecule has 4 rings (SSSR count). The van der Waals surface area contributed by atoms with Gasteiger partial charge in [0.05, 0.1) is 22.6 Å². The Kier molecular flexibility index (Phi) is 3.79. The van der Waals surface area contributed by atoms with Gasteiger partial charge in [0.15, 0.2) is 5.65 Å². The number of hydrogen-bond donors (Lipinski definition) is 1. The van der Waals surface area contributed by atoms with Gasteiger partial charge < -0.3 is 10.0 Å². The Bertz CT molecular complexity index is 924. The monoisotopic (exact) mass is 338 g/mol. The van der Waals surface area contributed by atoms with Gasteiger partial charge in [-0.3, -0.25) is 0 Å². The number of carboxylic acid groups (broad SMARTS) is 1. The number of carbonyl (C=O) groups is 1. The number of aryl methyl sites for hydroxylation is 1. The molecule has 8 heteroatoms. The maximum absolute atomic E-state index is 11.3. The summed E-state index contributed by atoms with van der Waals surface area (Å²) in [5.74, 6) is 0.105. The van der Waals surface area contributed by atoms with Crippen LogP contribution in [0.1, 0.15) is 30.1 Å². The summed E-state index contributed by atoms with van der Waals surface area (Å²) in [6.45, 7) is 3.00. The molecule has 0 spiro atoms. The van der Waals surface area contributed by atoms with Crippen molar-refractivity contribution in [2.45, 2.75) is 25.7 Å². The first-order valence-corrected chi connectivity index (χ1v) is 8.23. The first-order valence-electron chi connectivity index (χ1n) is 8.23. The van der Waals surface area contributed by atoms with E-state index in [4.69, 9.17) is 0 Å². The molecule has 1 unspecified atom stereocenters. The SMILES string of the molecule is Cc1nn2c(C3CCCN(C(=O)O)C3)ccnc2c1-c1ccncn1. The van der Waals surface area contributed by atoms with Gasteiger partial charge in [-0.1, -0.05) is 0 Å². The number of piperidine rings is 1. The number of likely N-dealkylation sites (tertiary alicyclic amines) is 1. The molecule has 1 N–H and O–H groups in total. The first-order chi connectivity index (χ1) is 12.1. The lowest BCUT2D eigenvalue weighted by Gasteiger charge is -2.30. The van der Waals surface area contributed by atoms with Crippen molar-refractivity contribution in [3.05, 3.63) is 42.2 Å². The molecule has 1 saturated heterocycles. The minimum atomic E-state index is -0.867. The van der Waals surface area contributed by atoms with E-state index in [2.05, 4.69) is 20.1 Å². The Labute approximate surface area is 144 Å². The molecule has 25 heavy (non-hydrogen) atoms. The number of amides is 1. The number of nitrogens with zero attached hydrogens (tertiary/aromatic N) is 6. The first kappa shape index (κ1) is 15.5. The van der Waals surface area contributed by atoms with Crippen LogP contribution >= 0.6 is 0 Å². The van der Waals surface area contributed by atoms with Crippen LogP contribution in [-0.2, 0) is 0 Å². The van der Waals surface area contributed by atoms with E-state index in [0.29, 0.717) is 13.1 Å². The summed E-state index contributed by atoms with van der Waals surface area (Å²) < 4.78 is 1.84. The lowest BCUT2D eigenvalue weighted by Crippen LogP contribution is -2.38. The number of fused-ring (bicyclic) bond motifs is 1. The summed E-state index contributed by atoms with van der Waals surface area (Å²) in [5.41, 5.74) is 4.23. The van der Waals surface area contributed by atoms with Crippen LogP contribution in [0.5, 0.6) is 0 Å². The van der Waals surface area contributed by atoms with Gasteiger partial charge in [-0.2, -0.15) is 5.10 Å². The molecule has 4 heterocycles. The molecule has 1 aliphatic heterocycles. The van der Waals surface area contributed by atoms with E-state index in [0.717, 1.165) is 41.1 Å². The summed E-state index contributed by atoms with van der Waals surface area (Å²) in [4.78, 5) is 25.6. The van der Waals surface area contributed by atoms with Crippen LogP contribution in [-0.4, -0.2) is 53.8 Å². The highest BCUT2D eigenvalue weighted by molar-refractivity contribution is 5.77. The Hall–Kier alpha value is -3.03. The van der Waals surface area contributed by atoms with Gasteiger partial charge in [0, 0.05) is 31.4 Å². The van der Waals surface area contributed by atoms with Gasteiger partial charge in [-0.25, -0.2) is 24.3 Å². The summed E-state index contributed by atoms with van der Waals surface area (Å²) in [6, 6.07) is 3.77. The summed E-state index contributed by atoms with van der Waals surface area (Å²) in [5, 5.41) is 14.0. The molecule has 0 bridgehead atoms. The zero-order chi connectivity index (χ0) is 17.4. The minimum absolute atomic E-state index is 0.105. The molecule has 3 aromatic rings. The fraction of sp³-hybridized carbons (Fsp3) is 0.353. The summed E-state index contributed by atoms with van der Waals surface area (Å²) in [7, 11) is 0. The van der Waals surface area contributed by atoms with Crippen LogP contribution < -0.4 is 0 Å². The lowest BCUT2D eigenvalue weighted by molar-refractivity contribution is 0.130. The van der Waals surface area contributed by atoms with E-state index >= 15 is 0 Å². The molecule has 0 aromatic carbocycles. The predicted octanol–water partition coefficient (Wildman–Crippen LogP) is 2.35. The van der Waals surface area contributed by atoms with Crippen LogP contribution in [0.4, 0.5) is 4.79 Å². The standard InChI is InChI=1S/C17H18N6O2/c1-11-15(13-4-6-18-10-20-13)16-19-7-5-14(23(16)21-11)12-3-2-8-22(9-12)17(24)25/h4-7,10,12H,2-3,8-9H2,1H3,(H,24,25). The van der Waals surface area contributed by atoms with E-state index in [1.807, 2.05) is 23.6 Å². The van der Waals surface area contributed by atoms with E-state index in [-0.39, 0.29) is 5.92 Å². The van der Waals surface area contributed by atoms with Crippen LogP contribution in [0.25, 0.3) is 16.9 Å². The molecular formula is C17H18N6O2. The number of aromatic nitrogens is 5. The van der Waals surface area contributed by atoms with Crippen LogP contribution in [0.2, 0.25) is 0 Å². The van der Waals surface area contributed by atoms with Gasteiger partial charge in [-0.15, -0.1) is 0 Å². The van der Waals surface area contributed by atoms with E-state index < -0.39 is 6.09 Å². The predicted molar refractivity (Wildman–Crippen MR) is 90.3 cm³/mol. The van der Waals surface area contributed by atoms with Crippen molar-refractivity contribution in [2.24, 2.45) is 0 Å². The molecule has 0 saturated carbocycles. The molecule has 1 amide bonds. The smallest absolute Gasteiger partial charge is 0.407 e. The quantitative estimate of drug-likeness (QED) is 0.770. The molecule has 1 fully saturated rings. The van der Waals surface area contributed by atoms with Crippen molar-refractivity contribution in [3.8, 4) is 11.3 Å². The topological polar surface area (TPSA) is 96.5 Å². The minimum Gasteiger partial charge on any atom is -0.465 e. The van der Waals surface area contributed by atoms with Crippen LogP contribution in [0.3, 0.4) is 0 Å². The lowest BCUT2D eigenvalue weighted by atomic mass is 9.94. The van der Waals surface area contributed by atoms with E-state index in [1.165, 1.54) is 11.2 Å². The van der Waals surface area contributed by atoms with Crippen LogP contribution in [0, 0.1) is 6.92 Å². The third kappa shape index (κ3) is 2.69. The van der Waals surface area contributed by atoms with E-state index in [9.17, 15) is 9.90 Å². The van der Waals surface area contributed by atoms with Gasteiger partial charge in [0.1, 0.15) is 6.33 Å². The Morgan fingerprint density at radius 3 is 2.92 bits per heavy atom. The molecule has 8 nitrogen and oxygen atoms in total. The average Bonchev–Trinajstić information content (AvgIpc) is 2.98. The molecular weight excluding hydrogens is 320 g/mol. The van der Waals surface area contributed by atoms with Crippen molar-refractivity contribution < 1.29 is 9.90 Å². The number of hydrogen-bond acceptors (Lipinski definition) is 5. The van der Waals surface area contributed by atoms with Crippen LogP contribution in [0.15, 0.2) is 30.9 Å². The van der Waals surface area contributed by atoms with Crippen molar-refractivity contribution in [1.82, 2.24) is 29.5 Å². The maximum atomic E-state index is 11.3. The fourth-order valence-corrected chi connectivity index (χ4v) is 3.51. The highest BCUT2D eigenvalue weighted by atomic mass is 16.4. The van der Waals surface area contributed by atoms with Gasteiger partial charge >= 0.3 is 6.09 Å².